The highest BCUT2D eigenvalue weighted by Crippen LogP contribution is 2.23. The first kappa shape index (κ1) is 14.5. The summed E-state index contributed by atoms with van der Waals surface area (Å²) in [6.45, 7) is 4.44. The molecule has 0 aliphatic carbocycles. The third-order valence-corrected chi connectivity index (χ3v) is 3.56. The standard InChI is InChI=1S/C11H16N2O4S/c1-3-13(4-2)11(14)8-6-5-7-9(12)10(8)18(15,16)17/h5-7H,3-4,12H2,1-2H3,(H,15,16,17). The Morgan fingerprint density at radius 2 is 1.89 bits per heavy atom. The smallest absolute Gasteiger partial charge is 0.297 e. The molecule has 3 N–H and O–H groups in total. The number of nitrogens with zero attached hydrogens (tertiary/aromatic N) is 1. The van der Waals surface area contributed by atoms with Gasteiger partial charge in [-0.05, 0) is 26.0 Å². The summed E-state index contributed by atoms with van der Waals surface area (Å²) in [4.78, 5) is 13.0. The molecular formula is C11H16N2O4S. The summed E-state index contributed by atoms with van der Waals surface area (Å²) >= 11 is 0. The largest absolute Gasteiger partial charge is 0.398 e. The van der Waals surface area contributed by atoms with Crippen molar-refractivity contribution in [3.05, 3.63) is 23.8 Å². The van der Waals surface area contributed by atoms with E-state index in [1.54, 1.807) is 13.8 Å². The normalized spacial score (nSPS) is 11.3. The van der Waals surface area contributed by atoms with Gasteiger partial charge in [0.25, 0.3) is 16.0 Å². The monoisotopic (exact) mass is 272 g/mol. The maximum Gasteiger partial charge on any atom is 0.297 e. The van der Waals surface area contributed by atoms with Crippen LogP contribution < -0.4 is 5.73 Å². The highest BCUT2D eigenvalue weighted by molar-refractivity contribution is 7.86. The van der Waals surface area contributed by atoms with Crippen molar-refractivity contribution in [3.63, 3.8) is 0 Å². The lowest BCUT2D eigenvalue weighted by molar-refractivity contribution is 0.0769. The summed E-state index contributed by atoms with van der Waals surface area (Å²) in [5.74, 6) is -0.472. The first-order chi connectivity index (χ1) is 8.32. The van der Waals surface area contributed by atoms with Crippen LogP contribution in [0.5, 0.6) is 0 Å². The number of nitrogens with two attached hydrogens (primary N) is 1. The summed E-state index contributed by atoms with van der Waals surface area (Å²) < 4.78 is 31.7. The molecule has 1 rings (SSSR count). The van der Waals surface area contributed by atoms with Gasteiger partial charge in [-0.2, -0.15) is 8.42 Å². The zero-order valence-corrected chi connectivity index (χ0v) is 11.1. The molecule has 100 valence electrons. The van der Waals surface area contributed by atoms with Crippen LogP contribution in [0.15, 0.2) is 23.1 Å². The molecule has 18 heavy (non-hydrogen) atoms. The zero-order valence-electron chi connectivity index (χ0n) is 10.3. The van der Waals surface area contributed by atoms with Crippen LogP contribution >= 0.6 is 0 Å². The van der Waals surface area contributed by atoms with Crippen LogP contribution in [0.25, 0.3) is 0 Å². The van der Waals surface area contributed by atoms with E-state index in [1.807, 2.05) is 0 Å². The van der Waals surface area contributed by atoms with E-state index in [-0.39, 0.29) is 11.3 Å². The Bertz CT molecular complexity index is 550. The van der Waals surface area contributed by atoms with Crippen molar-refractivity contribution in [1.29, 1.82) is 0 Å². The van der Waals surface area contributed by atoms with E-state index < -0.39 is 20.9 Å². The molecule has 0 heterocycles. The third kappa shape index (κ3) is 2.80. The molecule has 0 atom stereocenters. The van der Waals surface area contributed by atoms with Crippen LogP contribution in [0, 0.1) is 0 Å². The predicted octanol–water partition coefficient (Wildman–Crippen LogP) is 0.998. The van der Waals surface area contributed by atoms with Crippen LogP contribution in [-0.2, 0) is 10.1 Å². The molecule has 0 spiro atoms. The molecular weight excluding hydrogens is 256 g/mol. The van der Waals surface area contributed by atoms with E-state index in [0.717, 1.165) is 0 Å². The summed E-state index contributed by atoms with van der Waals surface area (Å²) in [6, 6.07) is 4.13. The lowest BCUT2D eigenvalue weighted by Gasteiger charge is -2.20. The SMILES string of the molecule is CCN(CC)C(=O)c1cccc(N)c1S(=O)(=O)O. The quantitative estimate of drug-likeness (QED) is 0.629. The lowest BCUT2D eigenvalue weighted by Crippen LogP contribution is -2.31. The van der Waals surface area contributed by atoms with Gasteiger partial charge >= 0.3 is 0 Å². The Morgan fingerprint density at radius 1 is 1.33 bits per heavy atom. The minimum Gasteiger partial charge on any atom is -0.398 e. The van der Waals surface area contributed by atoms with Crippen LogP contribution in [0.2, 0.25) is 0 Å². The summed E-state index contributed by atoms with van der Waals surface area (Å²) in [5.41, 5.74) is 5.27. The van der Waals surface area contributed by atoms with Gasteiger partial charge in [0.2, 0.25) is 0 Å². The Kier molecular flexibility index (Phi) is 4.31. The van der Waals surface area contributed by atoms with E-state index in [1.165, 1.54) is 23.1 Å². The molecule has 0 unspecified atom stereocenters. The Labute approximate surface area is 106 Å². The van der Waals surface area contributed by atoms with E-state index in [0.29, 0.717) is 13.1 Å². The summed E-state index contributed by atoms with van der Waals surface area (Å²) in [5, 5.41) is 0. The molecule has 1 aromatic rings. The second-order valence-corrected chi connectivity index (χ2v) is 5.03. The van der Waals surface area contributed by atoms with Crippen molar-refractivity contribution in [2.24, 2.45) is 0 Å². The van der Waals surface area contributed by atoms with Gasteiger partial charge in [0, 0.05) is 13.1 Å². The van der Waals surface area contributed by atoms with E-state index in [9.17, 15) is 13.2 Å². The number of carbonyl (C=O) groups excluding carboxylic acids is 1. The lowest BCUT2D eigenvalue weighted by atomic mass is 10.1. The number of carbonyl (C=O) groups is 1. The minimum absolute atomic E-state index is 0.110. The van der Waals surface area contributed by atoms with Crippen LogP contribution in [0.1, 0.15) is 24.2 Å². The van der Waals surface area contributed by atoms with Crippen molar-refractivity contribution >= 4 is 21.7 Å². The first-order valence-corrected chi connectivity index (χ1v) is 6.92. The average molecular weight is 272 g/mol. The first-order valence-electron chi connectivity index (χ1n) is 5.48. The fourth-order valence-electron chi connectivity index (χ4n) is 1.69. The van der Waals surface area contributed by atoms with Gasteiger partial charge < -0.3 is 10.6 Å². The van der Waals surface area contributed by atoms with Gasteiger partial charge in [0.1, 0.15) is 4.90 Å². The van der Waals surface area contributed by atoms with Crippen molar-refractivity contribution in [2.45, 2.75) is 18.7 Å². The molecule has 1 aromatic carbocycles. The fraction of sp³-hybridized carbons (Fsp3) is 0.364. The molecule has 0 fully saturated rings. The van der Waals surface area contributed by atoms with Crippen molar-refractivity contribution in [3.8, 4) is 0 Å². The molecule has 6 nitrogen and oxygen atoms in total. The molecule has 0 radical (unpaired) electrons. The van der Waals surface area contributed by atoms with Crippen LogP contribution in [-0.4, -0.2) is 36.9 Å². The maximum atomic E-state index is 12.1. The fourth-order valence-corrected chi connectivity index (χ4v) is 2.49. The van der Waals surface area contributed by atoms with Gasteiger partial charge in [-0.1, -0.05) is 6.07 Å². The van der Waals surface area contributed by atoms with E-state index in [4.69, 9.17) is 10.3 Å². The minimum atomic E-state index is -4.53. The molecule has 0 aliphatic heterocycles. The van der Waals surface area contributed by atoms with Gasteiger partial charge in [-0.3, -0.25) is 9.35 Å². The van der Waals surface area contributed by atoms with Gasteiger partial charge in [-0.15, -0.1) is 0 Å². The number of hydrogen-bond acceptors (Lipinski definition) is 4. The maximum absolute atomic E-state index is 12.1. The molecule has 0 aromatic heterocycles. The number of benzene rings is 1. The van der Waals surface area contributed by atoms with E-state index in [2.05, 4.69) is 0 Å². The predicted molar refractivity (Wildman–Crippen MR) is 67.9 cm³/mol. The molecule has 0 bridgehead atoms. The van der Waals surface area contributed by atoms with Crippen LogP contribution in [0.3, 0.4) is 0 Å². The molecule has 1 amide bonds. The molecule has 0 saturated heterocycles. The van der Waals surface area contributed by atoms with Crippen molar-refractivity contribution in [1.82, 2.24) is 4.90 Å². The van der Waals surface area contributed by atoms with Gasteiger partial charge in [0.05, 0.1) is 11.3 Å². The Hall–Kier alpha value is -1.60. The van der Waals surface area contributed by atoms with Crippen molar-refractivity contribution in [2.75, 3.05) is 18.8 Å². The molecule has 7 heteroatoms. The second kappa shape index (κ2) is 5.36. The number of amides is 1. The summed E-state index contributed by atoms with van der Waals surface area (Å²) in [7, 11) is -4.53. The van der Waals surface area contributed by atoms with Crippen LogP contribution in [0.4, 0.5) is 5.69 Å². The molecule has 0 saturated carbocycles. The highest BCUT2D eigenvalue weighted by Gasteiger charge is 2.25. The zero-order chi connectivity index (χ0) is 13.9. The average Bonchev–Trinajstić information content (AvgIpc) is 2.28. The molecule has 0 aliphatic rings. The highest BCUT2D eigenvalue weighted by atomic mass is 32.2. The Balaban J connectivity index is 3.43. The number of hydrogen-bond donors (Lipinski definition) is 2. The van der Waals surface area contributed by atoms with Gasteiger partial charge in [-0.25, -0.2) is 0 Å². The number of nitrogen functional groups attached to an aromatic ring is 1. The summed E-state index contributed by atoms with van der Waals surface area (Å²) in [6.07, 6.45) is 0. The topological polar surface area (TPSA) is 101 Å². The number of rotatable bonds is 4. The van der Waals surface area contributed by atoms with E-state index >= 15 is 0 Å². The second-order valence-electron chi connectivity index (χ2n) is 3.68. The number of anilines is 1. The Morgan fingerprint density at radius 3 is 2.33 bits per heavy atom. The third-order valence-electron chi connectivity index (χ3n) is 2.58. The van der Waals surface area contributed by atoms with Gasteiger partial charge in [0.15, 0.2) is 0 Å². The van der Waals surface area contributed by atoms with Crippen molar-refractivity contribution < 1.29 is 17.8 Å².